The van der Waals surface area contributed by atoms with Gasteiger partial charge in [0.15, 0.2) is 0 Å². The van der Waals surface area contributed by atoms with Crippen molar-refractivity contribution in [2.45, 2.75) is 38.1 Å². The van der Waals surface area contributed by atoms with Crippen molar-refractivity contribution >= 4 is 54.5 Å². The van der Waals surface area contributed by atoms with E-state index < -0.39 is 0 Å². The number of piperidine rings is 1. The molecule has 1 N–H and O–H groups in total. The van der Waals surface area contributed by atoms with E-state index in [1.165, 1.54) is 34.3 Å². The number of nitrogens with one attached hydrogen (secondary N) is 1. The molecule has 5 rings (SSSR count). The standard InChI is InChI=1S/C24H28N4OS2/c1-16-18(5-3-10-28(16)11-4-12-29-2)23-14-19-20(8-9-25-24(19)31-23)27-17-6-7-22-21(13-17)26-15-30-22/h6-9,13-16,18H,3-5,10-12H2,1-2H3,(H,25,27)/t16-,18-/m0/s1. The van der Waals surface area contributed by atoms with E-state index in [1.54, 1.807) is 18.4 Å². The lowest BCUT2D eigenvalue weighted by atomic mass is 9.88. The molecule has 0 spiro atoms. The van der Waals surface area contributed by atoms with E-state index in [0.29, 0.717) is 12.0 Å². The van der Waals surface area contributed by atoms with Crippen molar-refractivity contribution in [2.75, 3.05) is 32.1 Å². The van der Waals surface area contributed by atoms with Crippen LogP contribution in [0.1, 0.15) is 37.0 Å². The zero-order valence-corrected chi connectivity index (χ0v) is 19.6. The van der Waals surface area contributed by atoms with Crippen molar-refractivity contribution in [3.8, 4) is 0 Å². The molecule has 1 aromatic carbocycles. The fourth-order valence-corrected chi connectivity index (χ4v) is 6.58. The van der Waals surface area contributed by atoms with Crippen molar-refractivity contribution in [3.63, 3.8) is 0 Å². The van der Waals surface area contributed by atoms with E-state index in [1.807, 2.05) is 23.0 Å². The van der Waals surface area contributed by atoms with E-state index in [4.69, 9.17) is 4.74 Å². The fraction of sp³-hybridized carbons (Fsp3) is 0.417. The Balaban J connectivity index is 1.39. The number of likely N-dealkylation sites (tertiary alicyclic amines) is 1. The van der Waals surface area contributed by atoms with Crippen molar-refractivity contribution in [1.82, 2.24) is 14.9 Å². The Labute approximate surface area is 191 Å². The molecule has 1 saturated heterocycles. The van der Waals surface area contributed by atoms with E-state index in [9.17, 15) is 0 Å². The molecule has 1 aliphatic heterocycles. The molecule has 4 heterocycles. The third-order valence-electron chi connectivity index (χ3n) is 6.34. The number of rotatable bonds is 7. The summed E-state index contributed by atoms with van der Waals surface area (Å²) >= 11 is 3.53. The second kappa shape index (κ2) is 9.20. The summed E-state index contributed by atoms with van der Waals surface area (Å²) < 4.78 is 6.47. The first-order valence-corrected chi connectivity index (χ1v) is 12.6. The average molecular weight is 453 g/mol. The summed E-state index contributed by atoms with van der Waals surface area (Å²) in [5.41, 5.74) is 5.11. The number of thiazole rings is 1. The first-order chi connectivity index (χ1) is 15.2. The topological polar surface area (TPSA) is 50.3 Å². The van der Waals surface area contributed by atoms with Crippen LogP contribution in [-0.4, -0.2) is 47.7 Å². The molecule has 3 aromatic heterocycles. The lowest BCUT2D eigenvalue weighted by Gasteiger charge is -2.39. The molecule has 1 fully saturated rings. The summed E-state index contributed by atoms with van der Waals surface area (Å²) in [6.07, 6.45) is 5.51. The van der Waals surface area contributed by atoms with Gasteiger partial charge in [-0.3, -0.25) is 4.90 Å². The SMILES string of the molecule is COCCCN1CCC[C@H](c2cc3c(Nc4ccc5scnc5c4)ccnc3s2)[C@@H]1C. The third kappa shape index (κ3) is 4.32. The lowest BCUT2D eigenvalue weighted by molar-refractivity contribution is 0.117. The smallest absolute Gasteiger partial charge is 0.125 e. The molecule has 4 aromatic rings. The van der Waals surface area contributed by atoms with Gasteiger partial charge in [0.25, 0.3) is 0 Å². The van der Waals surface area contributed by atoms with Crippen molar-refractivity contribution < 1.29 is 4.74 Å². The number of benzene rings is 1. The first kappa shape index (κ1) is 20.8. The molecule has 31 heavy (non-hydrogen) atoms. The monoisotopic (exact) mass is 452 g/mol. The molecule has 5 nitrogen and oxygen atoms in total. The Morgan fingerprint density at radius 3 is 3.06 bits per heavy atom. The van der Waals surface area contributed by atoms with Gasteiger partial charge in [0.1, 0.15) is 4.83 Å². The van der Waals surface area contributed by atoms with Gasteiger partial charge < -0.3 is 10.1 Å². The second-order valence-corrected chi connectivity index (χ2v) is 10.2. The van der Waals surface area contributed by atoms with Crippen molar-refractivity contribution in [3.05, 3.63) is 46.9 Å². The van der Waals surface area contributed by atoms with Crippen LogP contribution in [-0.2, 0) is 4.74 Å². The maximum absolute atomic E-state index is 5.26. The number of thiophene rings is 1. The quantitative estimate of drug-likeness (QED) is 0.336. The van der Waals surface area contributed by atoms with Crippen LogP contribution in [0.5, 0.6) is 0 Å². The molecule has 0 radical (unpaired) electrons. The van der Waals surface area contributed by atoms with Gasteiger partial charge in [0, 0.05) is 54.4 Å². The number of methoxy groups -OCH3 is 1. The van der Waals surface area contributed by atoms with Gasteiger partial charge in [0.2, 0.25) is 0 Å². The van der Waals surface area contributed by atoms with E-state index in [0.717, 1.165) is 41.3 Å². The molecule has 0 aliphatic carbocycles. The van der Waals surface area contributed by atoms with E-state index in [-0.39, 0.29) is 0 Å². The maximum atomic E-state index is 5.26. The van der Waals surface area contributed by atoms with Crippen LogP contribution in [0.4, 0.5) is 11.4 Å². The highest BCUT2D eigenvalue weighted by Crippen LogP contribution is 2.40. The van der Waals surface area contributed by atoms with Gasteiger partial charge in [0.05, 0.1) is 21.4 Å². The van der Waals surface area contributed by atoms with Gasteiger partial charge in [-0.25, -0.2) is 9.97 Å². The Morgan fingerprint density at radius 1 is 1.23 bits per heavy atom. The van der Waals surface area contributed by atoms with Gasteiger partial charge >= 0.3 is 0 Å². The summed E-state index contributed by atoms with van der Waals surface area (Å²) in [5, 5.41) is 4.82. The Morgan fingerprint density at radius 2 is 2.16 bits per heavy atom. The number of ether oxygens (including phenoxy) is 1. The summed E-state index contributed by atoms with van der Waals surface area (Å²) in [7, 11) is 1.78. The highest BCUT2D eigenvalue weighted by molar-refractivity contribution is 7.18. The summed E-state index contributed by atoms with van der Waals surface area (Å²) in [6, 6.07) is 11.4. The zero-order valence-electron chi connectivity index (χ0n) is 18.0. The number of nitrogens with zero attached hydrogens (tertiary/aromatic N) is 3. The molecular weight excluding hydrogens is 424 g/mol. The molecule has 162 valence electrons. The van der Waals surface area contributed by atoms with E-state index >= 15 is 0 Å². The molecule has 7 heteroatoms. The molecule has 1 aliphatic rings. The number of fused-ring (bicyclic) bond motifs is 2. The Kier molecular flexibility index (Phi) is 6.18. The van der Waals surface area contributed by atoms with Gasteiger partial charge in [-0.05, 0) is 63.1 Å². The Hall–Kier alpha value is -2.06. The predicted octanol–water partition coefficient (Wildman–Crippen LogP) is 6.25. The number of anilines is 2. The van der Waals surface area contributed by atoms with Crippen LogP contribution in [0, 0.1) is 0 Å². The molecule has 0 saturated carbocycles. The predicted molar refractivity (Wildman–Crippen MR) is 132 cm³/mol. The highest BCUT2D eigenvalue weighted by Gasteiger charge is 2.30. The largest absolute Gasteiger partial charge is 0.385 e. The first-order valence-electron chi connectivity index (χ1n) is 10.9. The summed E-state index contributed by atoms with van der Waals surface area (Å²) in [5.74, 6) is 0.565. The van der Waals surface area contributed by atoms with Crippen LogP contribution < -0.4 is 5.32 Å². The van der Waals surface area contributed by atoms with Crippen LogP contribution in [0.25, 0.3) is 20.4 Å². The minimum Gasteiger partial charge on any atom is -0.385 e. The number of pyridine rings is 1. The minimum absolute atomic E-state index is 0.544. The summed E-state index contributed by atoms with van der Waals surface area (Å²) in [4.78, 5) is 14.3. The van der Waals surface area contributed by atoms with Crippen LogP contribution in [0.2, 0.25) is 0 Å². The molecular formula is C24H28N4OS2. The van der Waals surface area contributed by atoms with Crippen molar-refractivity contribution in [2.24, 2.45) is 0 Å². The highest BCUT2D eigenvalue weighted by atomic mass is 32.1. The maximum Gasteiger partial charge on any atom is 0.125 e. The van der Waals surface area contributed by atoms with Gasteiger partial charge in [-0.1, -0.05) is 0 Å². The second-order valence-electron chi connectivity index (χ2n) is 8.26. The molecule has 2 atom stereocenters. The molecule has 0 bridgehead atoms. The zero-order chi connectivity index (χ0) is 21.2. The fourth-order valence-electron chi connectivity index (χ4n) is 4.66. The number of aromatic nitrogens is 2. The minimum atomic E-state index is 0.544. The molecule has 0 unspecified atom stereocenters. The normalized spacial score (nSPS) is 19.9. The molecule has 0 amide bonds. The summed E-state index contributed by atoms with van der Waals surface area (Å²) in [6.45, 7) is 5.52. The van der Waals surface area contributed by atoms with Crippen LogP contribution in [0.15, 0.2) is 42.0 Å². The number of hydrogen-bond acceptors (Lipinski definition) is 7. The lowest BCUT2D eigenvalue weighted by Crippen LogP contribution is -2.42. The van der Waals surface area contributed by atoms with Gasteiger partial charge in [-0.15, -0.1) is 22.7 Å². The van der Waals surface area contributed by atoms with Crippen LogP contribution >= 0.6 is 22.7 Å². The van der Waals surface area contributed by atoms with Crippen LogP contribution in [0.3, 0.4) is 0 Å². The Bertz CT molecular complexity index is 1170. The van der Waals surface area contributed by atoms with Gasteiger partial charge in [-0.2, -0.15) is 0 Å². The third-order valence-corrected chi connectivity index (χ3v) is 8.33. The number of hydrogen-bond donors (Lipinski definition) is 1. The van der Waals surface area contributed by atoms with Crippen molar-refractivity contribution in [1.29, 1.82) is 0 Å². The van der Waals surface area contributed by atoms with E-state index in [2.05, 4.69) is 57.4 Å². The average Bonchev–Trinajstić information content (AvgIpc) is 3.42.